The van der Waals surface area contributed by atoms with Gasteiger partial charge in [0.15, 0.2) is 5.78 Å². The molecule has 1 saturated heterocycles. The van der Waals surface area contributed by atoms with Gasteiger partial charge in [0.05, 0.1) is 13.2 Å². The number of hydrogen-bond donors (Lipinski definition) is 2. The van der Waals surface area contributed by atoms with Gasteiger partial charge in [-0.1, -0.05) is 29.3 Å². The highest BCUT2D eigenvalue weighted by atomic mass is 35.5. The van der Waals surface area contributed by atoms with Gasteiger partial charge in [0.2, 0.25) is 5.95 Å². The zero-order valence-electron chi connectivity index (χ0n) is 16.3. The van der Waals surface area contributed by atoms with Crippen molar-refractivity contribution < 1.29 is 9.53 Å². The van der Waals surface area contributed by atoms with E-state index in [-0.39, 0.29) is 5.78 Å². The predicted octanol–water partition coefficient (Wildman–Crippen LogP) is 3.77. The number of Topliss-reactive ketones (excluding diaryl/α,β-unsaturated/α-hetero) is 1. The number of rotatable bonds is 2. The van der Waals surface area contributed by atoms with E-state index >= 15 is 0 Å². The molecule has 1 aliphatic carbocycles. The van der Waals surface area contributed by atoms with Crippen LogP contribution in [0.1, 0.15) is 36.3 Å². The fourth-order valence-electron chi connectivity index (χ4n) is 4.42. The fourth-order valence-corrected chi connectivity index (χ4v) is 4.94. The van der Waals surface area contributed by atoms with Crippen molar-refractivity contribution in [3.8, 4) is 0 Å². The number of nitrogens with zero attached hydrogens (tertiary/aromatic N) is 3. The molecule has 1 fully saturated rings. The van der Waals surface area contributed by atoms with Crippen molar-refractivity contribution in [1.29, 1.82) is 0 Å². The van der Waals surface area contributed by atoms with Crippen molar-refractivity contribution in [2.75, 3.05) is 42.3 Å². The number of ether oxygens (including phenoxy) is 1. The number of nitrogens with two attached hydrogens (primary N) is 1. The number of nitrogens with one attached hydrogen (secondary N) is 1. The van der Waals surface area contributed by atoms with Gasteiger partial charge < -0.3 is 20.7 Å². The third-order valence-electron chi connectivity index (χ3n) is 5.83. The first-order valence-corrected chi connectivity index (χ1v) is 10.8. The maximum Gasteiger partial charge on any atom is 0.229 e. The van der Waals surface area contributed by atoms with Crippen LogP contribution in [0.4, 0.5) is 17.6 Å². The number of morpholine rings is 1. The Kier molecular flexibility index (Phi) is 5.05. The lowest BCUT2D eigenvalue weighted by Gasteiger charge is -2.35. The molecule has 1 aromatic heterocycles. The van der Waals surface area contributed by atoms with Gasteiger partial charge in [0.25, 0.3) is 0 Å². The molecule has 9 heteroatoms. The molecule has 7 nitrogen and oxygen atoms in total. The molecular formula is C21H21Cl2N5O2. The van der Waals surface area contributed by atoms with Crippen LogP contribution in [0.3, 0.4) is 0 Å². The lowest BCUT2D eigenvalue weighted by atomic mass is 9.76. The second-order valence-corrected chi connectivity index (χ2v) is 8.51. The van der Waals surface area contributed by atoms with E-state index in [2.05, 4.69) is 15.2 Å². The number of allylic oxidation sites excluding steroid dienone is 2. The smallest absolute Gasteiger partial charge is 0.229 e. The molecule has 0 bridgehead atoms. The molecule has 5 rings (SSSR count). The maximum atomic E-state index is 13.0. The Hall–Kier alpha value is -2.35. The Morgan fingerprint density at radius 2 is 1.97 bits per heavy atom. The van der Waals surface area contributed by atoms with Gasteiger partial charge in [0.1, 0.15) is 11.6 Å². The SMILES string of the molecule is Nc1nc(N2CCOCC2)nc2c1[C@@H](c1ccc(Cl)cc1Cl)C1=C(CCCC1=O)N2. The van der Waals surface area contributed by atoms with Gasteiger partial charge in [-0.2, -0.15) is 9.97 Å². The van der Waals surface area contributed by atoms with Gasteiger partial charge in [-0.25, -0.2) is 0 Å². The Balaban J connectivity index is 1.68. The average molecular weight is 446 g/mol. The summed E-state index contributed by atoms with van der Waals surface area (Å²) in [4.78, 5) is 24.4. The summed E-state index contributed by atoms with van der Waals surface area (Å²) < 4.78 is 5.43. The fraction of sp³-hybridized carbons (Fsp3) is 0.381. The van der Waals surface area contributed by atoms with Crippen LogP contribution in [0.25, 0.3) is 0 Å². The normalized spacial score (nSPS) is 21.2. The number of carbonyl (C=O) groups excluding carboxylic acids is 1. The van der Waals surface area contributed by atoms with Crippen molar-refractivity contribution in [1.82, 2.24) is 9.97 Å². The highest BCUT2D eigenvalue weighted by molar-refractivity contribution is 6.35. The Morgan fingerprint density at radius 3 is 2.73 bits per heavy atom. The number of halogens is 2. The van der Waals surface area contributed by atoms with Gasteiger partial charge in [0, 0.05) is 52.3 Å². The predicted molar refractivity (Wildman–Crippen MR) is 117 cm³/mol. The minimum Gasteiger partial charge on any atom is -0.383 e. The van der Waals surface area contributed by atoms with E-state index in [1.54, 1.807) is 12.1 Å². The van der Waals surface area contributed by atoms with Crippen molar-refractivity contribution in [2.45, 2.75) is 25.2 Å². The van der Waals surface area contributed by atoms with Crippen molar-refractivity contribution in [2.24, 2.45) is 0 Å². The third-order valence-corrected chi connectivity index (χ3v) is 6.40. The molecule has 2 aromatic rings. The van der Waals surface area contributed by atoms with Crippen LogP contribution in [0.2, 0.25) is 10.0 Å². The minimum atomic E-state index is -0.424. The van der Waals surface area contributed by atoms with Gasteiger partial charge in [-0.3, -0.25) is 4.79 Å². The van der Waals surface area contributed by atoms with Gasteiger partial charge in [-0.05, 0) is 30.5 Å². The molecular weight excluding hydrogens is 425 g/mol. The summed E-state index contributed by atoms with van der Waals surface area (Å²) in [6, 6.07) is 5.32. The lowest BCUT2D eigenvalue weighted by Crippen LogP contribution is -2.38. The van der Waals surface area contributed by atoms with Crippen LogP contribution in [0, 0.1) is 0 Å². The van der Waals surface area contributed by atoms with E-state index in [9.17, 15) is 4.79 Å². The molecule has 3 N–H and O–H groups in total. The van der Waals surface area contributed by atoms with Crippen molar-refractivity contribution in [3.05, 3.63) is 50.6 Å². The zero-order chi connectivity index (χ0) is 20.8. The maximum absolute atomic E-state index is 13.0. The Labute approximate surface area is 184 Å². The number of carbonyl (C=O) groups is 1. The van der Waals surface area contributed by atoms with Crippen LogP contribution in [0.5, 0.6) is 0 Å². The number of fused-ring (bicyclic) bond motifs is 1. The topological polar surface area (TPSA) is 93.4 Å². The minimum absolute atomic E-state index is 0.0991. The standard InChI is InChI=1S/C21H21Cl2N5O2/c22-11-4-5-12(13(23)10-11)16-17-14(2-1-3-15(17)29)25-20-18(16)19(24)26-21(27-20)28-6-8-30-9-7-28/h4-5,10,16H,1-3,6-9H2,(H3,24,25,26,27)/t16-/m0/s1. The number of anilines is 3. The van der Waals surface area contributed by atoms with Gasteiger partial charge in [-0.15, -0.1) is 0 Å². The lowest BCUT2D eigenvalue weighted by molar-refractivity contribution is -0.116. The van der Waals surface area contributed by atoms with E-state index in [4.69, 9.17) is 38.7 Å². The number of ketones is 1. The van der Waals surface area contributed by atoms with Crippen LogP contribution in [0.15, 0.2) is 29.5 Å². The Bertz CT molecular complexity index is 1070. The molecule has 1 aromatic carbocycles. The third kappa shape index (κ3) is 3.31. The molecule has 30 heavy (non-hydrogen) atoms. The summed E-state index contributed by atoms with van der Waals surface area (Å²) in [5.41, 5.74) is 9.53. The average Bonchev–Trinajstić information content (AvgIpc) is 2.73. The van der Waals surface area contributed by atoms with E-state index in [1.807, 2.05) is 6.07 Å². The summed E-state index contributed by atoms with van der Waals surface area (Å²) >= 11 is 12.7. The van der Waals surface area contributed by atoms with Gasteiger partial charge >= 0.3 is 0 Å². The molecule has 0 saturated carbocycles. The highest BCUT2D eigenvalue weighted by Crippen LogP contribution is 2.48. The molecule has 156 valence electrons. The van der Waals surface area contributed by atoms with E-state index < -0.39 is 5.92 Å². The summed E-state index contributed by atoms with van der Waals surface area (Å²) in [5.74, 6) is 1.22. The summed E-state index contributed by atoms with van der Waals surface area (Å²) in [7, 11) is 0. The molecule has 2 aliphatic heterocycles. The van der Waals surface area contributed by atoms with E-state index in [0.29, 0.717) is 71.5 Å². The monoisotopic (exact) mass is 445 g/mol. The summed E-state index contributed by atoms with van der Waals surface area (Å²) in [6.07, 6.45) is 2.08. The van der Waals surface area contributed by atoms with Crippen molar-refractivity contribution >= 4 is 46.6 Å². The molecule has 0 spiro atoms. The Morgan fingerprint density at radius 1 is 1.17 bits per heavy atom. The number of aromatic nitrogens is 2. The number of nitrogen functional groups attached to an aromatic ring is 1. The number of benzene rings is 1. The second-order valence-electron chi connectivity index (χ2n) is 7.66. The largest absolute Gasteiger partial charge is 0.383 e. The van der Waals surface area contributed by atoms with Crippen LogP contribution in [-0.2, 0) is 9.53 Å². The first kappa shape index (κ1) is 19.6. The molecule has 0 unspecified atom stereocenters. The first-order chi connectivity index (χ1) is 14.5. The van der Waals surface area contributed by atoms with Crippen LogP contribution >= 0.6 is 23.2 Å². The second kappa shape index (κ2) is 7.72. The van der Waals surface area contributed by atoms with E-state index in [1.165, 1.54) is 0 Å². The molecule has 3 aliphatic rings. The number of hydrogen-bond acceptors (Lipinski definition) is 7. The molecule has 3 heterocycles. The zero-order valence-corrected chi connectivity index (χ0v) is 17.8. The van der Waals surface area contributed by atoms with E-state index in [0.717, 1.165) is 24.1 Å². The highest BCUT2D eigenvalue weighted by Gasteiger charge is 2.39. The first-order valence-electron chi connectivity index (χ1n) is 10.0. The summed E-state index contributed by atoms with van der Waals surface area (Å²) in [5, 5.41) is 4.41. The van der Waals surface area contributed by atoms with Crippen molar-refractivity contribution in [3.63, 3.8) is 0 Å². The summed E-state index contributed by atoms with van der Waals surface area (Å²) in [6.45, 7) is 2.66. The molecule has 0 amide bonds. The van der Waals surface area contributed by atoms with Crippen LogP contribution in [-0.4, -0.2) is 42.1 Å². The van der Waals surface area contributed by atoms with Crippen LogP contribution < -0.4 is 16.0 Å². The quantitative estimate of drug-likeness (QED) is 0.726. The molecule has 1 atom stereocenters. The molecule has 0 radical (unpaired) electrons.